The van der Waals surface area contributed by atoms with Crippen LogP contribution in [0.15, 0.2) is 0 Å². The summed E-state index contributed by atoms with van der Waals surface area (Å²) in [6, 6.07) is 0.538. The van der Waals surface area contributed by atoms with Crippen molar-refractivity contribution in [2.24, 2.45) is 11.8 Å². The van der Waals surface area contributed by atoms with Gasteiger partial charge in [0, 0.05) is 12.6 Å². The van der Waals surface area contributed by atoms with Crippen LogP contribution in [0.4, 0.5) is 0 Å². The number of hydrogen-bond acceptors (Lipinski definition) is 2. The summed E-state index contributed by atoms with van der Waals surface area (Å²) in [6.45, 7) is 10.3. The Labute approximate surface area is 119 Å². The van der Waals surface area contributed by atoms with Crippen LogP contribution in [0.1, 0.15) is 72.6 Å². The molecule has 0 aromatic rings. The van der Waals surface area contributed by atoms with E-state index in [1.807, 2.05) is 0 Å². The van der Waals surface area contributed by atoms with Gasteiger partial charge in [-0.1, -0.05) is 53.4 Å². The van der Waals surface area contributed by atoms with Gasteiger partial charge in [-0.05, 0) is 31.1 Å². The van der Waals surface area contributed by atoms with Gasteiger partial charge in [0.2, 0.25) is 0 Å². The van der Waals surface area contributed by atoms with E-state index >= 15 is 0 Å². The van der Waals surface area contributed by atoms with E-state index in [2.05, 4.69) is 33.0 Å². The second-order valence-electron chi connectivity index (χ2n) is 7.53. The molecule has 0 aromatic carbocycles. The minimum atomic E-state index is 0.154. The molecule has 2 atom stereocenters. The Hall–Kier alpha value is -0.0800. The predicted octanol–water partition coefficient (Wildman–Crippen LogP) is 4.14. The lowest BCUT2D eigenvalue weighted by Gasteiger charge is -2.47. The fraction of sp³-hybridized carbons (Fsp3) is 1.00. The summed E-state index contributed by atoms with van der Waals surface area (Å²) in [7, 11) is 0. The zero-order chi connectivity index (χ0) is 13.9. The van der Waals surface area contributed by atoms with Gasteiger partial charge in [0.05, 0.1) is 11.7 Å². The molecule has 2 fully saturated rings. The lowest BCUT2D eigenvalue weighted by molar-refractivity contribution is -0.153. The molecule has 1 N–H and O–H groups in total. The van der Waals surface area contributed by atoms with Gasteiger partial charge in [-0.15, -0.1) is 0 Å². The van der Waals surface area contributed by atoms with Crippen LogP contribution < -0.4 is 5.32 Å². The van der Waals surface area contributed by atoms with Crippen molar-refractivity contribution in [3.05, 3.63) is 0 Å². The van der Waals surface area contributed by atoms with Crippen molar-refractivity contribution in [1.82, 2.24) is 5.32 Å². The van der Waals surface area contributed by atoms with Crippen molar-refractivity contribution >= 4 is 0 Å². The van der Waals surface area contributed by atoms with E-state index in [0.717, 1.165) is 6.54 Å². The van der Waals surface area contributed by atoms with Crippen molar-refractivity contribution in [1.29, 1.82) is 0 Å². The summed E-state index contributed by atoms with van der Waals surface area (Å²) in [6.07, 6.45) is 9.62. The van der Waals surface area contributed by atoms with Crippen LogP contribution in [-0.2, 0) is 4.74 Å². The average molecular weight is 267 g/mol. The Bertz CT molecular complexity index is 266. The molecule has 0 radical (unpaired) electrons. The van der Waals surface area contributed by atoms with Crippen molar-refractivity contribution in [3.63, 3.8) is 0 Å². The molecule has 112 valence electrons. The van der Waals surface area contributed by atoms with Crippen LogP contribution in [0.2, 0.25) is 0 Å². The van der Waals surface area contributed by atoms with Crippen molar-refractivity contribution in [3.8, 4) is 0 Å². The van der Waals surface area contributed by atoms with E-state index in [1.165, 1.54) is 44.9 Å². The molecule has 2 heteroatoms. The maximum absolute atomic E-state index is 6.72. The highest BCUT2D eigenvalue weighted by Crippen LogP contribution is 2.36. The van der Waals surface area contributed by atoms with Crippen LogP contribution >= 0.6 is 0 Å². The molecule has 0 amide bonds. The molecule has 2 nitrogen and oxygen atoms in total. The monoisotopic (exact) mass is 267 g/mol. The highest BCUT2D eigenvalue weighted by atomic mass is 16.5. The Kier molecular flexibility index (Phi) is 5.30. The normalized spacial score (nSPS) is 31.9. The third kappa shape index (κ3) is 3.95. The first-order valence-electron chi connectivity index (χ1n) is 8.44. The first-order chi connectivity index (χ1) is 9.02. The topological polar surface area (TPSA) is 21.3 Å². The first kappa shape index (κ1) is 15.3. The first-order valence-corrected chi connectivity index (χ1v) is 8.44. The third-order valence-electron chi connectivity index (χ3n) is 4.90. The minimum absolute atomic E-state index is 0.154. The fourth-order valence-corrected chi connectivity index (χ4v) is 3.86. The average Bonchev–Trinajstić information content (AvgIpc) is 2.54. The number of rotatable bonds is 3. The molecule has 2 aliphatic rings. The van der Waals surface area contributed by atoms with Crippen LogP contribution in [0.25, 0.3) is 0 Å². The van der Waals surface area contributed by atoms with E-state index < -0.39 is 0 Å². The largest absolute Gasteiger partial charge is 0.369 e. The molecule has 1 spiro atoms. The van der Waals surface area contributed by atoms with Crippen LogP contribution in [-0.4, -0.2) is 24.3 Å². The third-order valence-corrected chi connectivity index (χ3v) is 4.90. The molecule has 1 saturated carbocycles. The van der Waals surface area contributed by atoms with E-state index in [-0.39, 0.29) is 5.60 Å². The van der Waals surface area contributed by atoms with Crippen molar-refractivity contribution in [2.75, 3.05) is 6.54 Å². The molecule has 19 heavy (non-hydrogen) atoms. The molecule has 2 unspecified atom stereocenters. The van der Waals surface area contributed by atoms with Gasteiger partial charge in [0.15, 0.2) is 0 Å². The molecular weight excluding hydrogens is 234 g/mol. The Balaban J connectivity index is 2.06. The van der Waals surface area contributed by atoms with Crippen LogP contribution in [0.5, 0.6) is 0 Å². The molecule has 1 aliphatic carbocycles. The van der Waals surface area contributed by atoms with Gasteiger partial charge in [-0.2, -0.15) is 0 Å². The zero-order valence-corrected chi connectivity index (χ0v) is 13.4. The lowest BCUT2D eigenvalue weighted by Crippen LogP contribution is -2.60. The van der Waals surface area contributed by atoms with Crippen molar-refractivity contribution in [2.45, 2.75) is 90.4 Å². The summed E-state index contributed by atoms with van der Waals surface area (Å²) in [5.74, 6) is 1.38. The van der Waals surface area contributed by atoms with Crippen LogP contribution in [0, 0.1) is 11.8 Å². The Morgan fingerprint density at radius 2 is 1.68 bits per heavy atom. The van der Waals surface area contributed by atoms with E-state index in [0.29, 0.717) is 24.0 Å². The molecule has 0 aromatic heterocycles. The molecule has 1 saturated heterocycles. The van der Waals surface area contributed by atoms with Gasteiger partial charge >= 0.3 is 0 Å². The molecule has 1 heterocycles. The maximum Gasteiger partial charge on any atom is 0.0810 e. The SMILES string of the molecule is CC(C)CC1OC2(CCCCCC2)CNC1C(C)C. The highest BCUT2D eigenvalue weighted by molar-refractivity contribution is 4.96. The summed E-state index contributed by atoms with van der Waals surface area (Å²) >= 11 is 0. The van der Waals surface area contributed by atoms with Gasteiger partial charge in [0.1, 0.15) is 0 Å². The molecule has 2 rings (SSSR count). The summed E-state index contributed by atoms with van der Waals surface area (Å²) < 4.78 is 6.72. The highest BCUT2D eigenvalue weighted by Gasteiger charge is 2.42. The minimum Gasteiger partial charge on any atom is -0.369 e. The van der Waals surface area contributed by atoms with E-state index in [9.17, 15) is 0 Å². The van der Waals surface area contributed by atoms with Gasteiger partial charge in [0.25, 0.3) is 0 Å². The van der Waals surface area contributed by atoms with Gasteiger partial charge in [-0.25, -0.2) is 0 Å². The fourth-order valence-electron chi connectivity index (χ4n) is 3.86. The van der Waals surface area contributed by atoms with E-state index in [4.69, 9.17) is 4.74 Å². The van der Waals surface area contributed by atoms with Crippen LogP contribution in [0.3, 0.4) is 0 Å². The number of ether oxygens (including phenoxy) is 1. The second kappa shape index (κ2) is 6.58. The second-order valence-corrected chi connectivity index (χ2v) is 7.53. The summed E-state index contributed by atoms with van der Waals surface area (Å²) in [5, 5.41) is 3.84. The molecule has 1 aliphatic heterocycles. The van der Waals surface area contributed by atoms with E-state index in [1.54, 1.807) is 0 Å². The zero-order valence-electron chi connectivity index (χ0n) is 13.4. The Morgan fingerprint density at radius 3 is 2.21 bits per heavy atom. The predicted molar refractivity (Wildman–Crippen MR) is 81.4 cm³/mol. The maximum atomic E-state index is 6.72. The number of morpholine rings is 1. The van der Waals surface area contributed by atoms with Crippen molar-refractivity contribution < 1.29 is 4.74 Å². The smallest absolute Gasteiger partial charge is 0.0810 e. The standard InChI is InChI=1S/C17H33NO/c1-13(2)11-15-16(14(3)4)18-12-17(19-15)9-7-5-6-8-10-17/h13-16,18H,5-12H2,1-4H3. The quantitative estimate of drug-likeness (QED) is 0.830. The molecular formula is C17H33NO. The summed E-state index contributed by atoms with van der Waals surface area (Å²) in [5.41, 5.74) is 0.154. The number of hydrogen-bond donors (Lipinski definition) is 1. The number of nitrogens with one attached hydrogen (secondary N) is 1. The summed E-state index contributed by atoms with van der Waals surface area (Å²) in [4.78, 5) is 0. The molecule has 0 bridgehead atoms. The van der Waals surface area contributed by atoms with Gasteiger partial charge < -0.3 is 10.1 Å². The Morgan fingerprint density at radius 1 is 1.05 bits per heavy atom. The van der Waals surface area contributed by atoms with Gasteiger partial charge in [-0.3, -0.25) is 0 Å². The lowest BCUT2D eigenvalue weighted by atomic mass is 9.85.